The van der Waals surface area contributed by atoms with Crippen LogP contribution in [0.5, 0.6) is 0 Å². The molecule has 1 N–H and O–H groups in total. The third-order valence-electron chi connectivity index (χ3n) is 1.51. The molecule has 0 spiro atoms. The van der Waals surface area contributed by atoms with Gasteiger partial charge in [-0.2, -0.15) is 0 Å². The van der Waals surface area contributed by atoms with Gasteiger partial charge in [-0.15, -0.1) is 0 Å². The maximum atomic E-state index is 10.7. The minimum atomic E-state index is -1.46. The van der Waals surface area contributed by atoms with Crippen LogP contribution in [0.3, 0.4) is 0 Å². The van der Waals surface area contributed by atoms with Crippen molar-refractivity contribution in [1.29, 1.82) is 0 Å². The first-order valence-electron chi connectivity index (χ1n) is 3.80. The second-order valence-corrected chi connectivity index (χ2v) is 2.99. The van der Waals surface area contributed by atoms with E-state index in [2.05, 4.69) is 0 Å². The maximum absolute atomic E-state index is 10.7. The predicted molar refractivity (Wildman–Crippen MR) is 60.3 cm³/mol. The first-order chi connectivity index (χ1) is 6.59. The van der Waals surface area contributed by atoms with Gasteiger partial charge in [0.05, 0.1) is 0 Å². The Bertz CT molecular complexity index is 384. The van der Waals surface area contributed by atoms with Crippen molar-refractivity contribution in [3.63, 3.8) is 0 Å². The molecule has 0 aromatic heterocycles. The zero-order chi connectivity index (χ0) is 10.6. The summed E-state index contributed by atoms with van der Waals surface area (Å²) in [7, 11) is 0. The summed E-state index contributed by atoms with van der Waals surface area (Å²) in [6.45, 7) is 0. The third-order valence-corrected chi connectivity index (χ3v) is 1.76. The van der Waals surface area contributed by atoms with Gasteiger partial charge in [0.15, 0.2) is 0 Å². The summed E-state index contributed by atoms with van der Waals surface area (Å²) < 4.78 is 0. The van der Waals surface area contributed by atoms with Gasteiger partial charge in [0.1, 0.15) is 0 Å². The predicted octanol–water partition coefficient (Wildman–Crippen LogP) is 1.36. The topological polar surface area (TPSA) is 54.4 Å². The van der Waals surface area contributed by atoms with Gasteiger partial charge in [0, 0.05) is 5.02 Å². The fourth-order valence-corrected chi connectivity index (χ4v) is 0.943. The third kappa shape index (κ3) is 5.14. The molecular weight excluding hydrogens is 227 g/mol. The number of hydrogen-bond acceptors (Lipinski definition) is 2. The van der Waals surface area contributed by atoms with Gasteiger partial charge in [-0.05, 0) is 23.8 Å². The van der Waals surface area contributed by atoms with Crippen molar-refractivity contribution in [2.45, 2.75) is 0 Å². The molecule has 15 heavy (non-hydrogen) atoms. The van der Waals surface area contributed by atoms with Gasteiger partial charge < -0.3 is 5.11 Å². The van der Waals surface area contributed by atoms with E-state index in [4.69, 9.17) is 16.7 Å². The van der Waals surface area contributed by atoms with E-state index >= 15 is 0 Å². The van der Waals surface area contributed by atoms with Crippen LogP contribution in [0.4, 0.5) is 0 Å². The quantitative estimate of drug-likeness (QED) is 0.488. The van der Waals surface area contributed by atoms with Crippen LogP contribution in [-0.4, -0.2) is 46.4 Å². The van der Waals surface area contributed by atoms with Crippen LogP contribution in [0.15, 0.2) is 30.3 Å². The van der Waals surface area contributed by atoms with E-state index in [-0.39, 0.29) is 29.6 Å². The van der Waals surface area contributed by atoms with Gasteiger partial charge in [0.25, 0.3) is 5.78 Å². The molecule has 0 atom stereocenters. The van der Waals surface area contributed by atoms with Gasteiger partial charge in [-0.25, -0.2) is 4.79 Å². The zero-order valence-corrected chi connectivity index (χ0v) is 7.86. The van der Waals surface area contributed by atoms with E-state index in [1.165, 1.54) is 6.08 Å². The Morgan fingerprint density at radius 1 is 1.20 bits per heavy atom. The molecule has 0 saturated carbocycles. The van der Waals surface area contributed by atoms with Crippen LogP contribution in [0.25, 0.3) is 6.08 Å². The molecule has 1 aromatic carbocycles. The second kappa shape index (κ2) is 6.80. The molecule has 0 aliphatic carbocycles. The summed E-state index contributed by atoms with van der Waals surface area (Å²) >= 11 is 5.64. The molecule has 0 heterocycles. The Morgan fingerprint density at radius 2 is 1.73 bits per heavy atom. The Morgan fingerprint density at radius 3 is 2.20 bits per heavy atom. The van der Waals surface area contributed by atoms with E-state index in [9.17, 15) is 9.59 Å². The number of halogens is 1. The van der Waals surface area contributed by atoms with Crippen molar-refractivity contribution in [3.05, 3.63) is 40.9 Å². The standard InChI is InChI=1S/C10H7ClO3.Na.H/c11-8-4-1-7(2-5-8)3-6-9(12)10(13)14;;/h1-6H,(H,13,14);;. The minimum absolute atomic E-state index is 0. The molecule has 3 nitrogen and oxygen atoms in total. The number of carboxylic acids is 1. The number of hydrogen-bond donors (Lipinski definition) is 1. The van der Waals surface area contributed by atoms with Gasteiger partial charge >= 0.3 is 35.5 Å². The van der Waals surface area contributed by atoms with Crippen LogP contribution in [0, 0.1) is 0 Å². The van der Waals surface area contributed by atoms with Crippen molar-refractivity contribution in [2.24, 2.45) is 0 Å². The summed E-state index contributed by atoms with van der Waals surface area (Å²) in [6, 6.07) is 6.70. The van der Waals surface area contributed by atoms with Crippen molar-refractivity contribution < 1.29 is 14.7 Å². The van der Waals surface area contributed by atoms with E-state index < -0.39 is 11.8 Å². The fraction of sp³-hybridized carbons (Fsp3) is 0. The first kappa shape index (κ1) is 14.4. The number of benzene rings is 1. The van der Waals surface area contributed by atoms with Gasteiger partial charge in [-0.3, -0.25) is 4.79 Å². The summed E-state index contributed by atoms with van der Waals surface area (Å²) in [4.78, 5) is 20.8. The van der Waals surface area contributed by atoms with Crippen LogP contribution >= 0.6 is 11.6 Å². The molecule has 0 radical (unpaired) electrons. The van der Waals surface area contributed by atoms with Crippen LogP contribution in [-0.2, 0) is 9.59 Å². The fourth-order valence-electron chi connectivity index (χ4n) is 0.817. The molecule has 1 rings (SSSR count). The number of ketones is 1. The van der Waals surface area contributed by atoms with Crippen molar-refractivity contribution in [2.75, 3.05) is 0 Å². The van der Waals surface area contributed by atoms with Crippen molar-refractivity contribution in [1.82, 2.24) is 0 Å². The van der Waals surface area contributed by atoms with E-state index in [0.717, 1.165) is 11.6 Å². The Balaban J connectivity index is 0.00000196. The number of rotatable bonds is 3. The first-order valence-corrected chi connectivity index (χ1v) is 4.18. The number of carbonyl (C=O) groups excluding carboxylic acids is 1. The monoisotopic (exact) mass is 234 g/mol. The molecule has 0 unspecified atom stereocenters. The molecule has 0 fully saturated rings. The number of carboxylic acid groups (broad SMARTS) is 1. The number of carbonyl (C=O) groups is 2. The molecule has 0 aliphatic rings. The molecule has 0 bridgehead atoms. The van der Waals surface area contributed by atoms with Crippen LogP contribution < -0.4 is 0 Å². The average molecular weight is 235 g/mol. The Labute approximate surface area is 114 Å². The SMILES string of the molecule is O=C(O)C(=O)C=Cc1ccc(Cl)cc1.[NaH]. The van der Waals surface area contributed by atoms with Gasteiger partial charge in [0.2, 0.25) is 0 Å². The van der Waals surface area contributed by atoms with E-state index in [1.54, 1.807) is 24.3 Å². The molecule has 0 aliphatic heterocycles. The normalized spacial score (nSPS) is 9.67. The van der Waals surface area contributed by atoms with Crippen molar-refractivity contribution in [3.8, 4) is 0 Å². The molecule has 1 aromatic rings. The summed E-state index contributed by atoms with van der Waals surface area (Å²) in [6.07, 6.45) is 2.43. The summed E-state index contributed by atoms with van der Waals surface area (Å²) in [5, 5.41) is 8.87. The molecule has 0 saturated heterocycles. The molecular formula is C10H8ClNaO3. The van der Waals surface area contributed by atoms with Crippen molar-refractivity contribution >= 4 is 59.0 Å². The molecule has 5 heteroatoms. The van der Waals surface area contributed by atoms with E-state index in [1.807, 2.05) is 0 Å². The molecule has 74 valence electrons. The van der Waals surface area contributed by atoms with Gasteiger partial charge in [-0.1, -0.05) is 29.8 Å². The Kier molecular flexibility index (Phi) is 6.52. The summed E-state index contributed by atoms with van der Waals surface area (Å²) in [5.41, 5.74) is 0.726. The summed E-state index contributed by atoms with van der Waals surface area (Å²) in [5.74, 6) is -2.41. The zero-order valence-electron chi connectivity index (χ0n) is 7.11. The van der Waals surface area contributed by atoms with Crippen LogP contribution in [0.1, 0.15) is 5.56 Å². The molecule has 0 amide bonds. The van der Waals surface area contributed by atoms with E-state index in [0.29, 0.717) is 5.02 Å². The average Bonchev–Trinajstić information content (AvgIpc) is 2.16. The Hall–Kier alpha value is -0.610. The second-order valence-electron chi connectivity index (χ2n) is 2.55. The van der Waals surface area contributed by atoms with Crippen LogP contribution in [0.2, 0.25) is 5.02 Å². The number of aliphatic carboxylic acids is 1.